The van der Waals surface area contributed by atoms with Crippen LogP contribution in [0.3, 0.4) is 0 Å². The van der Waals surface area contributed by atoms with Crippen LogP contribution in [0.5, 0.6) is 0 Å². The van der Waals surface area contributed by atoms with E-state index in [1.54, 1.807) is 28.8 Å². The van der Waals surface area contributed by atoms with Crippen molar-refractivity contribution < 1.29 is 9.90 Å². The first-order valence-corrected chi connectivity index (χ1v) is 5.88. The van der Waals surface area contributed by atoms with E-state index in [4.69, 9.17) is 5.11 Å². The number of nitrogens with zero attached hydrogens (tertiary/aromatic N) is 5. The van der Waals surface area contributed by atoms with E-state index in [1.807, 2.05) is 24.3 Å². The summed E-state index contributed by atoms with van der Waals surface area (Å²) in [6, 6.07) is 9.11. The molecule has 0 aliphatic rings. The number of rotatable bonds is 3. The van der Waals surface area contributed by atoms with Crippen molar-refractivity contribution >= 4 is 5.97 Å². The largest absolute Gasteiger partial charge is 0.476 e. The van der Waals surface area contributed by atoms with Crippen LogP contribution >= 0.6 is 0 Å². The topological polar surface area (TPSA) is 85.8 Å². The third-order valence-corrected chi connectivity index (χ3v) is 2.92. The van der Waals surface area contributed by atoms with Gasteiger partial charge in [-0.15, -0.1) is 0 Å². The Kier molecular flexibility index (Phi) is 2.79. The second-order valence-corrected chi connectivity index (χ2v) is 4.23. The number of carboxylic acids is 1. The average molecular weight is 269 g/mol. The van der Waals surface area contributed by atoms with Crippen molar-refractivity contribution in [3.8, 4) is 16.9 Å². The molecule has 2 heterocycles. The Labute approximate surface area is 114 Å². The predicted octanol–water partition coefficient (Wildman–Crippen LogP) is 1.37. The minimum Gasteiger partial charge on any atom is -0.476 e. The standard InChI is InChI=1S/C13H11N5O2/c1-17-12(6-11(16-17)13(19)20)9-3-2-4-10(5-9)18-8-14-7-15-18/h2-8H,1H3,(H,19,20). The molecule has 0 aliphatic heterocycles. The number of carboxylic acid groups (broad SMARTS) is 1. The number of aromatic nitrogens is 5. The van der Waals surface area contributed by atoms with Crippen LogP contribution in [0.2, 0.25) is 0 Å². The first-order valence-electron chi connectivity index (χ1n) is 5.88. The third kappa shape index (κ3) is 2.05. The smallest absolute Gasteiger partial charge is 0.356 e. The van der Waals surface area contributed by atoms with E-state index in [-0.39, 0.29) is 5.69 Å². The van der Waals surface area contributed by atoms with Gasteiger partial charge in [-0.3, -0.25) is 4.68 Å². The molecule has 1 aromatic carbocycles. The lowest BCUT2D eigenvalue weighted by Gasteiger charge is -2.05. The normalized spacial score (nSPS) is 10.7. The van der Waals surface area contributed by atoms with Gasteiger partial charge in [-0.05, 0) is 18.2 Å². The lowest BCUT2D eigenvalue weighted by molar-refractivity contribution is 0.0689. The van der Waals surface area contributed by atoms with E-state index in [0.29, 0.717) is 0 Å². The van der Waals surface area contributed by atoms with Crippen LogP contribution in [0.1, 0.15) is 10.5 Å². The second kappa shape index (κ2) is 4.61. The summed E-state index contributed by atoms with van der Waals surface area (Å²) in [5.74, 6) is -1.04. The quantitative estimate of drug-likeness (QED) is 0.776. The zero-order valence-electron chi connectivity index (χ0n) is 10.6. The molecule has 0 unspecified atom stereocenters. The van der Waals surface area contributed by atoms with Gasteiger partial charge in [-0.25, -0.2) is 14.5 Å². The number of benzene rings is 1. The van der Waals surface area contributed by atoms with Gasteiger partial charge in [0, 0.05) is 12.6 Å². The van der Waals surface area contributed by atoms with Crippen molar-refractivity contribution in [1.29, 1.82) is 0 Å². The lowest BCUT2D eigenvalue weighted by Crippen LogP contribution is -1.99. The first-order chi connectivity index (χ1) is 9.65. The summed E-state index contributed by atoms with van der Waals surface area (Å²) in [5.41, 5.74) is 2.46. The summed E-state index contributed by atoms with van der Waals surface area (Å²) in [6.07, 6.45) is 3.06. The zero-order chi connectivity index (χ0) is 14.1. The molecule has 0 amide bonds. The van der Waals surface area contributed by atoms with E-state index in [2.05, 4.69) is 15.2 Å². The molecule has 7 heteroatoms. The molecule has 100 valence electrons. The van der Waals surface area contributed by atoms with Crippen LogP contribution in [0, 0.1) is 0 Å². The minimum atomic E-state index is -1.04. The van der Waals surface area contributed by atoms with Gasteiger partial charge in [0.05, 0.1) is 11.4 Å². The molecule has 0 saturated heterocycles. The van der Waals surface area contributed by atoms with Crippen LogP contribution in [-0.2, 0) is 7.05 Å². The highest BCUT2D eigenvalue weighted by molar-refractivity contribution is 5.87. The van der Waals surface area contributed by atoms with Crippen LogP contribution in [0.25, 0.3) is 16.9 Å². The summed E-state index contributed by atoms with van der Waals surface area (Å²) in [7, 11) is 1.71. The fraction of sp³-hybridized carbons (Fsp3) is 0.0769. The van der Waals surface area contributed by atoms with Crippen molar-refractivity contribution in [2.24, 2.45) is 7.05 Å². The van der Waals surface area contributed by atoms with Crippen molar-refractivity contribution in [2.75, 3.05) is 0 Å². The molecular weight excluding hydrogens is 258 g/mol. The molecule has 3 rings (SSSR count). The summed E-state index contributed by atoms with van der Waals surface area (Å²) >= 11 is 0. The summed E-state index contributed by atoms with van der Waals surface area (Å²) < 4.78 is 3.18. The van der Waals surface area contributed by atoms with Crippen molar-refractivity contribution in [2.45, 2.75) is 0 Å². The van der Waals surface area contributed by atoms with Crippen LogP contribution < -0.4 is 0 Å². The van der Waals surface area contributed by atoms with Gasteiger partial charge >= 0.3 is 5.97 Å². The van der Waals surface area contributed by atoms with Gasteiger partial charge in [0.2, 0.25) is 0 Å². The Morgan fingerprint density at radius 3 is 2.80 bits per heavy atom. The number of aryl methyl sites for hydroxylation is 1. The molecule has 0 spiro atoms. The molecule has 2 aromatic heterocycles. The molecule has 0 bridgehead atoms. The minimum absolute atomic E-state index is 0.0219. The maximum Gasteiger partial charge on any atom is 0.356 e. The zero-order valence-corrected chi connectivity index (χ0v) is 10.6. The van der Waals surface area contributed by atoms with Gasteiger partial charge in [0.25, 0.3) is 0 Å². The molecule has 0 saturated carbocycles. The fourth-order valence-electron chi connectivity index (χ4n) is 1.99. The molecular formula is C13H11N5O2. The van der Waals surface area contributed by atoms with Crippen LogP contribution in [0.15, 0.2) is 43.0 Å². The number of aromatic carboxylic acids is 1. The highest BCUT2D eigenvalue weighted by Gasteiger charge is 2.13. The van der Waals surface area contributed by atoms with Crippen molar-refractivity contribution in [3.05, 3.63) is 48.7 Å². The van der Waals surface area contributed by atoms with Crippen molar-refractivity contribution in [1.82, 2.24) is 24.5 Å². The van der Waals surface area contributed by atoms with E-state index >= 15 is 0 Å². The van der Waals surface area contributed by atoms with Crippen LogP contribution in [-0.4, -0.2) is 35.6 Å². The Hall–Kier alpha value is -2.96. The molecule has 0 radical (unpaired) electrons. The summed E-state index contributed by atoms with van der Waals surface area (Å²) in [5, 5.41) is 17.0. The first kappa shape index (κ1) is 12.1. The molecule has 1 N–H and O–H groups in total. The number of carbonyl (C=O) groups is 1. The van der Waals surface area contributed by atoms with Gasteiger partial charge < -0.3 is 5.11 Å². The van der Waals surface area contributed by atoms with E-state index < -0.39 is 5.97 Å². The van der Waals surface area contributed by atoms with Gasteiger partial charge in [0.1, 0.15) is 12.7 Å². The molecule has 0 fully saturated rings. The maximum atomic E-state index is 11.0. The average Bonchev–Trinajstić information content (AvgIpc) is 3.08. The van der Waals surface area contributed by atoms with E-state index in [9.17, 15) is 4.79 Å². The molecule has 0 atom stereocenters. The Bertz CT molecular complexity index is 761. The third-order valence-electron chi connectivity index (χ3n) is 2.92. The highest BCUT2D eigenvalue weighted by atomic mass is 16.4. The Morgan fingerprint density at radius 1 is 1.30 bits per heavy atom. The van der Waals surface area contributed by atoms with E-state index in [1.165, 1.54) is 6.33 Å². The van der Waals surface area contributed by atoms with Crippen molar-refractivity contribution in [3.63, 3.8) is 0 Å². The fourth-order valence-corrected chi connectivity index (χ4v) is 1.99. The summed E-state index contributed by atoms with van der Waals surface area (Å²) in [6.45, 7) is 0. The lowest BCUT2D eigenvalue weighted by atomic mass is 10.1. The maximum absolute atomic E-state index is 11.0. The highest BCUT2D eigenvalue weighted by Crippen LogP contribution is 2.22. The SMILES string of the molecule is Cn1nc(C(=O)O)cc1-c1cccc(-n2cncn2)c1. The predicted molar refractivity (Wildman–Crippen MR) is 70.5 cm³/mol. The molecule has 3 aromatic rings. The Morgan fingerprint density at radius 2 is 2.15 bits per heavy atom. The van der Waals surface area contributed by atoms with Gasteiger partial charge in [-0.1, -0.05) is 12.1 Å². The van der Waals surface area contributed by atoms with E-state index in [0.717, 1.165) is 16.9 Å². The Balaban J connectivity index is 2.07. The van der Waals surface area contributed by atoms with Crippen LogP contribution in [0.4, 0.5) is 0 Å². The molecule has 20 heavy (non-hydrogen) atoms. The number of hydrogen-bond acceptors (Lipinski definition) is 4. The monoisotopic (exact) mass is 269 g/mol. The van der Waals surface area contributed by atoms with Gasteiger partial charge in [-0.2, -0.15) is 10.2 Å². The summed E-state index contributed by atoms with van der Waals surface area (Å²) in [4.78, 5) is 14.9. The number of hydrogen-bond donors (Lipinski definition) is 1. The second-order valence-electron chi connectivity index (χ2n) is 4.23. The molecule has 0 aliphatic carbocycles. The van der Waals surface area contributed by atoms with Gasteiger partial charge in [0.15, 0.2) is 5.69 Å². The molecule has 7 nitrogen and oxygen atoms in total.